The highest BCUT2D eigenvalue weighted by Crippen LogP contribution is 2.13. The first-order valence-electron chi connectivity index (χ1n) is 7.64. The van der Waals surface area contributed by atoms with Gasteiger partial charge in [0.15, 0.2) is 5.76 Å². The highest BCUT2D eigenvalue weighted by atomic mass is 16.5. The number of likely N-dealkylation sites (N-methyl/N-ethyl adjacent to an activating group) is 1. The predicted molar refractivity (Wildman–Crippen MR) is 86.5 cm³/mol. The fraction of sp³-hybridized carbons (Fsp3) is 0.412. The second-order valence-electron chi connectivity index (χ2n) is 5.33. The van der Waals surface area contributed by atoms with Crippen molar-refractivity contribution in [3.05, 3.63) is 47.9 Å². The van der Waals surface area contributed by atoms with E-state index in [9.17, 15) is 4.79 Å². The van der Waals surface area contributed by atoms with Crippen molar-refractivity contribution < 1.29 is 9.32 Å². The van der Waals surface area contributed by atoms with Crippen LogP contribution in [0.1, 0.15) is 31.7 Å². The van der Waals surface area contributed by atoms with Crippen LogP contribution in [0.15, 0.2) is 40.9 Å². The molecule has 0 fully saturated rings. The van der Waals surface area contributed by atoms with E-state index >= 15 is 0 Å². The molecule has 0 aliphatic heterocycles. The Hall–Kier alpha value is -2.14. The van der Waals surface area contributed by atoms with E-state index in [1.54, 1.807) is 0 Å². The Morgan fingerprint density at radius 1 is 1.32 bits per heavy atom. The SMILES string of the molecule is CCc1cc(CN(C)[C@@H](CC)C(=O)Nc2ccccc2)on1. The van der Waals surface area contributed by atoms with Crippen LogP contribution in [0.5, 0.6) is 0 Å². The number of hydrogen-bond donors (Lipinski definition) is 1. The molecule has 0 unspecified atom stereocenters. The molecular weight excluding hydrogens is 278 g/mol. The molecule has 0 saturated carbocycles. The van der Waals surface area contributed by atoms with Crippen LogP contribution in [0.25, 0.3) is 0 Å². The highest BCUT2D eigenvalue weighted by molar-refractivity contribution is 5.94. The fourth-order valence-electron chi connectivity index (χ4n) is 2.40. The van der Waals surface area contributed by atoms with Crippen molar-refractivity contribution in [1.29, 1.82) is 0 Å². The summed E-state index contributed by atoms with van der Waals surface area (Å²) in [5, 5.41) is 6.93. The number of rotatable bonds is 7. The van der Waals surface area contributed by atoms with Gasteiger partial charge in [-0.05, 0) is 32.0 Å². The van der Waals surface area contributed by atoms with Crippen LogP contribution in [0, 0.1) is 0 Å². The van der Waals surface area contributed by atoms with Crippen LogP contribution < -0.4 is 5.32 Å². The van der Waals surface area contributed by atoms with Crippen LogP contribution in [0.3, 0.4) is 0 Å². The first-order valence-corrected chi connectivity index (χ1v) is 7.64. The molecule has 0 radical (unpaired) electrons. The van der Waals surface area contributed by atoms with Crippen molar-refractivity contribution >= 4 is 11.6 Å². The summed E-state index contributed by atoms with van der Waals surface area (Å²) in [5.41, 5.74) is 1.75. The summed E-state index contributed by atoms with van der Waals surface area (Å²) in [6.45, 7) is 4.60. The number of carbonyl (C=O) groups is 1. The Bertz CT molecular complexity index is 595. The molecule has 0 aliphatic carbocycles. The monoisotopic (exact) mass is 301 g/mol. The van der Waals surface area contributed by atoms with Crippen LogP contribution in [-0.2, 0) is 17.8 Å². The number of amides is 1. The zero-order valence-electron chi connectivity index (χ0n) is 13.4. The Kier molecular flexibility index (Phi) is 5.72. The highest BCUT2D eigenvalue weighted by Gasteiger charge is 2.22. The maximum absolute atomic E-state index is 12.4. The van der Waals surface area contributed by atoms with Gasteiger partial charge in [0.25, 0.3) is 0 Å². The summed E-state index contributed by atoms with van der Waals surface area (Å²) in [4.78, 5) is 14.4. The number of aromatic nitrogens is 1. The molecule has 2 rings (SSSR count). The van der Waals surface area contributed by atoms with Crippen LogP contribution in [-0.4, -0.2) is 29.1 Å². The van der Waals surface area contributed by atoms with Gasteiger partial charge in [0.05, 0.1) is 18.3 Å². The van der Waals surface area contributed by atoms with Gasteiger partial charge >= 0.3 is 0 Å². The number of aryl methyl sites for hydroxylation is 1. The molecule has 1 atom stereocenters. The predicted octanol–water partition coefficient (Wildman–Crippen LogP) is 3.09. The van der Waals surface area contributed by atoms with Crippen molar-refractivity contribution in [3.8, 4) is 0 Å². The van der Waals surface area contributed by atoms with Crippen LogP contribution >= 0.6 is 0 Å². The lowest BCUT2D eigenvalue weighted by Gasteiger charge is -2.25. The summed E-state index contributed by atoms with van der Waals surface area (Å²) in [7, 11) is 1.92. The van der Waals surface area contributed by atoms with Gasteiger partial charge in [-0.15, -0.1) is 0 Å². The maximum Gasteiger partial charge on any atom is 0.241 e. The van der Waals surface area contributed by atoms with E-state index in [4.69, 9.17) is 4.52 Å². The van der Waals surface area contributed by atoms with E-state index in [1.165, 1.54) is 0 Å². The van der Waals surface area contributed by atoms with Crippen LogP contribution in [0.4, 0.5) is 5.69 Å². The molecule has 5 nitrogen and oxygen atoms in total. The van der Waals surface area contributed by atoms with Gasteiger partial charge in [0.1, 0.15) is 0 Å². The van der Waals surface area contributed by atoms with Gasteiger partial charge in [0.2, 0.25) is 5.91 Å². The third-order valence-electron chi connectivity index (χ3n) is 3.64. The molecule has 5 heteroatoms. The number of nitrogens with zero attached hydrogens (tertiary/aromatic N) is 2. The number of hydrogen-bond acceptors (Lipinski definition) is 4. The average Bonchev–Trinajstić information content (AvgIpc) is 2.96. The van der Waals surface area contributed by atoms with Crippen molar-refractivity contribution in [3.63, 3.8) is 0 Å². The molecule has 1 amide bonds. The van der Waals surface area contributed by atoms with E-state index in [-0.39, 0.29) is 11.9 Å². The zero-order chi connectivity index (χ0) is 15.9. The number of carbonyl (C=O) groups excluding carboxylic acids is 1. The van der Waals surface area contributed by atoms with E-state index in [2.05, 4.69) is 10.5 Å². The Labute approximate surface area is 131 Å². The number of nitrogens with one attached hydrogen (secondary N) is 1. The first-order chi connectivity index (χ1) is 10.6. The summed E-state index contributed by atoms with van der Waals surface area (Å²) in [6, 6.07) is 11.2. The Morgan fingerprint density at radius 3 is 2.64 bits per heavy atom. The lowest BCUT2D eigenvalue weighted by Crippen LogP contribution is -2.41. The molecule has 118 valence electrons. The minimum atomic E-state index is -0.213. The molecule has 0 spiro atoms. The summed E-state index contributed by atoms with van der Waals surface area (Å²) in [6.07, 6.45) is 1.57. The zero-order valence-corrected chi connectivity index (χ0v) is 13.4. The first kappa shape index (κ1) is 16.2. The third-order valence-corrected chi connectivity index (χ3v) is 3.64. The largest absolute Gasteiger partial charge is 0.360 e. The van der Waals surface area contributed by atoms with Gasteiger partial charge in [0, 0.05) is 11.8 Å². The Balaban J connectivity index is 1.98. The summed E-state index contributed by atoms with van der Waals surface area (Å²) >= 11 is 0. The standard InChI is InChI=1S/C17H23N3O2/c1-4-13-11-15(22-19-13)12-20(3)16(5-2)17(21)18-14-9-7-6-8-10-14/h6-11,16H,4-5,12H2,1-3H3,(H,18,21)/t16-/m0/s1. The van der Waals surface area contributed by atoms with Gasteiger partial charge in [-0.3, -0.25) is 9.69 Å². The van der Waals surface area contributed by atoms with Crippen molar-refractivity contribution in [1.82, 2.24) is 10.1 Å². The molecule has 1 N–H and O–H groups in total. The molecule has 1 aromatic heterocycles. The molecule has 1 aromatic carbocycles. The quantitative estimate of drug-likeness (QED) is 0.854. The lowest BCUT2D eigenvalue weighted by molar-refractivity contribution is -0.121. The van der Waals surface area contributed by atoms with Crippen molar-refractivity contribution in [2.24, 2.45) is 0 Å². The van der Waals surface area contributed by atoms with E-state index < -0.39 is 0 Å². The average molecular weight is 301 g/mol. The molecule has 1 heterocycles. The molecular formula is C17H23N3O2. The summed E-state index contributed by atoms with van der Waals surface area (Å²) in [5.74, 6) is 0.775. The molecule has 0 saturated heterocycles. The lowest BCUT2D eigenvalue weighted by atomic mass is 10.1. The van der Waals surface area contributed by atoms with E-state index in [0.29, 0.717) is 6.54 Å². The van der Waals surface area contributed by atoms with Gasteiger partial charge in [-0.25, -0.2) is 0 Å². The second-order valence-corrected chi connectivity index (χ2v) is 5.33. The van der Waals surface area contributed by atoms with Gasteiger partial charge < -0.3 is 9.84 Å². The molecule has 2 aromatic rings. The van der Waals surface area contributed by atoms with E-state index in [0.717, 1.165) is 30.0 Å². The van der Waals surface area contributed by atoms with Gasteiger partial charge in [-0.1, -0.05) is 37.2 Å². The van der Waals surface area contributed by atoms with Crippen LogP contribution in [0.2, 0.25) is 0 Å². The normalized spacial score (nSPS) is 12.4. The number of para-hydroxylation sites is 1. The van der Waals surface area contributed by atoms with E-state index in [1.807, 2.05) is 62.2 Å². The summed E-state index contributed by atoms with van der Waals surface area (Å²) < 4.78 is 5.30. The smallest absolute Gasteiger partial charge is 0.241 e. The van der Waals surface area contributed by atoms with Crippen molar-refractivity contribution in [2.45, 2.75) is 39.3 Å². The molecule has 0 aliphatic rings. The molecule has 22 heavy (non-hydrogen) atoms. The Morgan fingerprint density at radius 2 is 2.05 bits per heavy atom. The maximum atomic E-state index is 12.4. The second kappa shape index (κ2) is 7.75. The van der Waals surface area contributed by atoms with Crippen molar-refractivity contribution in [2.75, 3.05) is 12.4 Å². The molecule has 0 bridgehead atoms. The minimum Gasteiger partial charge on any atom is -0.360 e. The fourth-order valence-corrected chi connectivity index (χ4v) is 2.40. The van der Waals surface area contributed by atoms with Gasteiger partial charge in [-0.2, -0.15) is 0 Å². The number of anilines is 1. The minimum absolute atomic E-state index is 0.00793. The topological polar surface area (TPSA) is 58.4 Å². The number of benzene rings is 1. The third kappa shape index (κ3) is 4.18.